The van der Waals surface area contributed by atoms with Crippen molar-refractivity contribution in [3.05, 3.63) is 0 Å². The Morgan fingerprint density at radius 2 is 1.82 bits per heavy atom. The van der Waals surface area contributed by atoms with Gasteiger partial charge in [-0.3, -0.25) is 9.59 Å². The number of hydrogen-bond acceptors (Lipinski definition) is 2. The highest BCUT2D eigenvalue weighted by Gasteiger charge is 1.90. The van der Waals surface area contributed by atoms with Gasteiger partial charge in [-0.2, -0.15) is 0 Å². The normalized spacial score (nSPS) is 7.91. The molecule has 4 heteroatoms. The Morgan fingerprint density at radius 3 is 1.91 bits per heavy atom. The van der Waals surface area contributed by atoms with Gasteiger partial charge in [0.15, 0.2) is 5.12 Å². The second kappa shape index (κ2) is 9.49. The van der Waals surface area contributed by atoms with Crippen LogP contribution >= 0.6 is 12.6 Å². The van der Waals surface area contributed by atoms with Crippen LogP contribution < -0.4 is 0 Å². The van der Waals surface area contributed by atoms with Gasteiger partial charge in [0, 0.05) is 13.3 Å². The molecule has 0 unspecified atom stereocenters. The van der Waals surface area contributed by atoms with E-state index in [9.17, 15) is 9.59 Å². The summed E-state index contributed by atoms with van der Waals surface area (Å²) in [6.07, 6.45) is 2.08. The lowest BCUT2D eigenvalue weighted by Crippen LogP contribution is -1.91. The molecule has 0 aliphatic rings. The molecule has 11 heavy (non-hydrogen) atoms. The molecule has 0 rings (SSSR count). The van der Waals surface area contributed by atoms with Crippen molar-refractivity contribution in [2.75, 3.05) is 0 Å². The first-order chi connectivity index (χ1) is 5.00. The van der Waals surface area contributed by atoms with Gasteiger partial charge in [-0.1, -0.05) is 13.3 Å². The SMILES string of the molecule is CC(=O)S.CCCCC(=O)O. The standard InChI is InChI=1S/C5H10O2.C2H4OS/c1-2-3-4-5(6)7;1-2(3)4/h2-4H2,1H3,(H,6,7);1H3,(H,3,4). The number of carbonyl (C=O) groups is 2. The average Bonchev–Trinajstić information content (AvgIpc) is 1.82. The molecule has 0 spiro atoms. The van der Waals surface area contributed by atoms with Crippen LogP contribution in [0.1, 0.15) is 33.1 Å². The van der Waals surface area contributed by atoms with Crippen LogP contribution in [0, 0.1) is 0 Å². The largest absolute Gasteiger partial charge is 0.481 e. The van der Waals surface area contributed by atoms with E-state index in [1.54, 1.807) is 0 Å². The molecule has 0 amide bonds. The lowest BCUT2D eigenvalue weighted by molar-refractivity contribution is -0.137. The second-order valence-corrected chi connectivity index (χ2v) is 2.65. The first-order valence-electron chi connectivity index (χ1n) is 3.42. The lowest BCUT2D eigenvalue weighted by atomic mass is 10.3. The Kier molecular flexibility index (Phi) is 11.3. The molecular formula is C7H14O3S. The summed E-state index contributed by atoms with van der Waals surface area (Å²) in [6, 6.07) is 0. The van der Waals surface area contributed by atoms with E-state index in [1.165, 1.54) is 6.92 Å². The van der Waals surface area contributed by atoms with Crippen LogP contribution in [0.3, 0.4) is 0 Å². The summed E-state index contributed by atoms with van der Waals surface area (Å²) in [5, 5.41) is 7.91. The van der Waals surface area contributed by atoms with Crippen molar-refractivity contribution in [2.45, 2.75) is 33.1 Å². The van der Waals surface area contributed by atoms with Gasteiger partial charge in [-0.15, -0.1) is 12.6 Å². The van der Waals surface area contributed by atoms with Gasteiger partial charge in [0.1, 0.15) is 0 Å². The number of rotatable bonds is 3. The first kappa shape index (κ1) is 13.1. The summed E-state index contributed by atoms with van der Waals surface area (Å²) in [7, 11) is 0. The summed E-state index contributed by atoms with van der Waals surface area (Å²) < 4.78 is 0. The molecule has 0 aromatic carbocycles. The van der Waals surface area contributed by atoms with Crippen LogP contribution in [-0.2, 0) is 9.59 Å². The minimum Gasteiger partial charge on any atom is -0.481 e. The van der Waals surface area contributed by atoms with E-state index in [-0.39, 0.29) is 5.12 Å². The highest BCUT2D eigenvalue weighted by Crippen LogP contribution is 1.91. The highest BCUT2D eigenvalue weighted by molar-refractivity contribution is 7.96. The van der Waals surface area contributed by atoms with Crippen molar-refractivity contribution < 1.29 is 14.7 Å². The van der Waals surface area contributed by atoms with Crippen LogP contribution in [0.25, 0.3) is 0 Å². The molecule has 0 heterocycles. The molecule has 0 saturated carbocycles. The molecule has 0 radical (unpaired) electrons. The van der Waals surface area contributed by atoms with Gasteiger partial charge < -0.3 is 5.11 Å². The number of aliphatic carboxylic acids is 1. The van der Waals surface area contributed by atoms with Gasteiger partial charge in [0.25, 0.3) is 0 Å². The van der Waals surface area contributed by atoms with Gasteiger partial charge in [-0.05, 0) is 6.42 Å². The zero-order valence-corrected chi connectivity index (χ0v) is 7.73. The van der Waals surface area contributed by atoms with E-state index >= 15 is 0 Å². The zero-order chi connectivity index (χ0) is 9.28. The van der Waals surface area contributed by atoms with Crippen molar-refractivity contribution in [1.29, 1.82) is 0 Å². The maximum atomic E-state index is 9.76. The fourth-order valence-corrected chi connectivity index (χ4v) is 0.328. The van der Waals surface area contributed by atoms with Crippen molar-refractivity contribution in [3.63, 3.8) is 0 Å². The van der Waals surface area contributed by atoms with Crippen LogP contribution in [0.5, 0.6) is 0 Å². The first-order valence-corrected chi connectivity index (χ1v) is 3.86. The minimum absolute atomic E-state index is 0.139. The summed E-state index contributed by atoms with van der Waals surface area (Å²) in [5.41, 5.74) is 0. The Balaban J connectivity index is 0. The maximum absolute atomic E-state index is 9.76. The molecule has 0 aromatic rings. The summed E-state index contributed by atoms with van der Waals surface area (Å²) in [4.78, 5) is 19.1. The lowest BCUT2D eigenvalue weighted by Gasteiger charge is -1.85. The molecule has 1 N–H and O–H groups in total. The second-order valence-electron chi connectivity index (χ2n) is 2.02. The zero-order valence-electron chi connectivity index (χ0n) is 6.83. The van der Waals surface area contributed by atoms with Crippen LogP contribution in [-0.4, -0.2) is 16.2 Å². The van der Waals surface area contributed by atoms with Crippen molar-refractivity contribution in [1.82, 2.24) is 0 Å². The van der Waals surface area contributed by atoms with E-state index < -0.39 is 5.97 Å². The fraction of sp³-hybridized carbons (Fsp3) is 0.714. The molecule has 0 aliphatic carbocycles. The van der Waals surface area contributed by atoms with Gasteiger partial charge in [0.2, 0.25) is 0 Å². The molecule has 0 fully saturated rings. The highest BCUT2D eigenvalue weighted by atomic mass is 32.1. The van der Waals surface area contributed by atoms with Crippen molar-refractivity contribution in [2.24, 2.45) is 0 Å². The minimum atomic E-state index is -0.693. The molecule has 3 nitrogen and oxygen atoms in total. The molecule has 0 aromatic heterocycles. The van der Waals surface area contributed by atoms with Gasteiger partial charge >= 0.3 is 5.97 Å². The van der Waals surface area contributed by atoms with E-state index in [0.717, 1.165) is 12.8 Å². The molecule has 0 atom stereocenters. The number of unbranched alkanes of at least 4 members (excludes halogenated alkanes) is 1. The third-order valence-corrected chi connectivity index (χ3v) is 0.744. The average molecular weight is 178 g/mol. The summed E-state index contributed by atoms with van der Waals surface area (Å²) in [6.45, 7) is 3.37. The number of carbonyl (C=O) groups excluding carboxylic acids is 1. The Bertz CT molecular complexity index is 119. The molecule has 0 bridgehead atoms. The van der Waals surface area contributed by atoms with Crippen molar-refractivity contribution in [3.8, 4) is 0 Å². The van der Waals surface area contributed by atoms with E-state index in [0.29, 0.717) is 6.42 Å². The predicted octanol–water partition coefficient (Wildman–Crippen LogP) is 1.72. The van der Waals surface area contributed by atoms with Crippen LogP contribution in [0.4, 0.5) is 0 Å². The van der Waals surface area contributed by atoms with E-state index in [1.807, 2.05) is 6.92 Å². The Hall–Kier alpha value is -0.510. The summed E-state index contributed by atoms with van der Waals surface area (Å²) in [5.74, 6) is -0.693. The quantitative estimate of drug-likeness (QED) is 0.647. The topological polar surface area (TPSA) is 54.4 Å². The van der Waals surface area contributed by atoms with Crippen molar-refractivity contribution >= 4 is 23.7 Å². The fourth-order valence-electron chi connectivity index (χ4n) is 0.328. The monoisotopic (exact) mass is 178 g/mol. The van der Waals surface area contributed by atoms with Crippen LogP contribution in [0.2, 0.25) is 0 Å². The number of carboxylic acid groups (broad SMARTS) is 1. The molecule has 0 saturated heterocycles. The number of thiol groups is 1. The molecule has 66 valence electrons. The summed E-state index contributed by atoms with van der Waals surface area (Å²) >= 11 is 3.33. The third-order valence-electron chi connectivity index (χ3n) is 0.744. The van der Waals surface area contributed by atoms with Crippen LogP contribution in [0.15, 0.2) is 0 Å². The number of hydrogen-bond donors (Lipinski definition) is 2. The third kappa shape index (κ3) is 43.7. The molecule has 0 aliphatic heterocycles. The smallest absolute Gasteiger partial charge is 0.303 e. The van der Waals surface area contributed by atoms with E-state index in [2.05, 4.69) is 12.6 Å². The Labute approximate surface area is 72.2 Å². The Morgan fingerprint density at radius 1 is 1.45 bits per heavy atom. The van der Waals surface area contributed by atoms with E-state index in [4.69, 9.17) is 5.11 Å². The van der Waals surface area contributed by atoms with Gasteiger partial charge in [0.05, 0.1) is 0 Å². The molecular weight excluding hydrogens is 164 g/mol. The predicted molar refractivity (Wildman–Crippen MR) is 46.8 cm³/mol. The maximum Gasteiger partial charge on any atom is 0.303 e. The number of carboxylic acids is 1. The van der Waals surface area contributed by atoms with Gasteiger partial charge in [-0.25, -0.2) is 0 Å².